The van der Waals surface area contributed by atoms with Gasteiger partial charge in [-0.25, -0.2) is 0 Å². The minimum absolute atomic E-state index is 0.0176. The van der Waals surface area contributed by atoms with Crippen LogP contribution in [0.5, 0.6) is 0 Å². The van der Waals surface area contributed by atoms with Gasteiger partial charge in [0, 0.05) is 42.9 Å². The number of aryl methyl sites for hydroxylation is 1. The van der Waals surface area contributed by atoms with Gasteiger partial charge < -0.3 is 14.5 Å². The molecular weight excluding hydrogens is 404 g/mol. The van der Waals surface area contributed by atoms with E-state index in [1.807, 2.05) is 43.3 Å². The fourth-order valence-corrected chi connectivity index (χ4v) is 3.92. The van der Waals surface area contributed by atoms with Gasteiger partial charge in [-0.15, -0.1) is 10.2 Å². The van der Waals surface area contributed by atoms with Crippen molar-refractivity contribution in [2.45, 2.75) is 26.9 Å². The average molecular weight is 435 g/mol. The first-order chi connectivity index (χ1) is 15.5. The maximum absolute atomic E-state index is 12.6. The normalized spacial score (nSPS) is 16.9. The molecule has 168 valence electrons. The molecule has 1 N–H and O–H groups in total. The number of nitrogens with zero attached hydrogens (tertiary/aromatic N) is 3. The molecule has 7 nitrogen and oxygen atoms in total. The molecule has 1 saturated heterocycles. The standard InChI is InChI=1S/C25H30N4O3/c1-17(2)15-29-12-13-31-21(16-29)14-26-23(30)19-8-10-20(11-9-19)24-27-28-25(32-24)22-7-5-4-6-18(22)3/h4-11,17,21H,12-16H2,1-3H3,(H,26,30). The average Bonchev–Trinajstić information content (AvgIpc) is 3.28. The SMILES string of the molecule is Cc1ccccc1-c1nnc(-c2ccc(C(=O)NCC3CN(CC(C)C)CCO3)cc2)o1. The Balaban J connectivity index is 1.35. The molecule has 1 unspecified atom stereocenters. The molecule has 2 heterocycles. The first-order valence-corrected chi connectivity index (χ1v) is 11.1. The topological polar surface area (TPSA) is 80.5 Å². The quantitative estimate of drug-likeness (QED) is 0.609. The third-order valence-corrected chi connectivity index (χ3v) is 5.53. The highest BCUT2D eigenvalue weighted by Gasteiger charge is 2.21. The molecule has 0 bridgehead atoms. The molecule has 32 heavy (non-hydrogen) atoms. The number of amides is 1. The number of carbonyl (C=O) groups is 1. The minimum Gasteiger partial charge on any atom is -0.416 e. The lowest BCUT2D eigenvalue weighted by atomic mass is 10.1. The molecule has 1 amide bonds. The number of carbonyl (C=O) groups excluding carboxylic acids is 1. The Morgan fingerprint density at radius 2 is 1.88 bits per heavy atom. The summed E-state index contributed by atoms with van der Waals surface area (Å²) in [6.45, 7) is 10.5. The van der Waals surface area contributed by atoms with Crippen LogP contribution in [-0.2, 0) is 4.74 Å². The van der Waals surface area contributed by atoms with E-state index in [0.29, 0.717) is 36.4 Å². The van der Waals surface area contributed by atoms with Crippen molar-refractivity contribution in [1.82, 2.24) is 20.4 Å². The largest absolute Gasteiger partial charge is 0.416 e. The fraction of sp³-hybridized carbons (Fsp3) is 0.400. The van der Waals surface area contributed by atoms with Crippen molar-refractivity contribution in [1.29, 1.82) is 0 Å². The number of hydrogen-bond donors (Lipinski definition) is 1. The third kappa shape index (κ3) is 5.41. The van der Waals surface area contributed by atoms with E-state index in [-0.39, 0.29) is 12.0 Å². The fourth-order valence-electron chi connectivity index (χ4n) is 3.92. The summed E-state index contributed by atoms with van der Waals surface area (Å²) in [5, 5.41) is 11.3. The summed E-state index contributed by atoms with van der Waals surface area (Å²) in [7, 11) is 0. The summed E-state index contributed by atoms with van der Waals surface area (Å²) < 4.78 is 11.7. The lowest BCUT2D eigenvalue weighted by molar-refractivity contribution is -0.0295. The summed E-state index contributed by atoms with van der Waals surface area (Å²) in [4.78, 5) is 15.0. The maximum atomic E-state index is 12.6. The van der Waals surface area contributed by atoms with Crippen LogP contribution in [0.1, 0.15) is 29.8 Å². The molecular formula is C25H30N4O3. The Morgan fingerprint density at radius 1 is 1.12 bits per heavy atom. The van der Waals surface area contributed by atoms with Crippen molar-refractivity contribution < 1.29 is 13.9 Å². The zero-order valence-corrected chi connectivity index (χ0v) is 18.9. The van der Waals surface area contributed by atoms with Crippen LogP contribution in [0.15, 0.2) is 52.9 Å². The first kappa shape index (κ1) is 22.2. The lowest BCUT2D eigenvalue weighted by Crippen LogP contribution is -2.48. The highest BCUT2D eigenvalue weighted by molar-refractivity contribution is 5.94. The number of ether oxygens (including phenoxy) is 1. The molecule has 0 spiro atoms. The van der Waals surface area contributed by atoms with Crippen LogP contribution < -0.4 is 5.32 Å². The summed E-state index contributed by atoms with van der Waals surface area (Å²) in [5.74, 6) is 1.41. The third-order valence-electron chi connectivity index (χ3n) is 5.53. The van der Waals surface area contributed by atoms with Gasteiger partial charge >= 0.3 is 0 Å². The molecule has 3 aromatic rings. The van der Waals surface area contributed by atoms with Crippen LogP contribution in [0.4, 0.5) is 0 Å². The van der Waals surface area contributed by atoms with Gasteiger partial charge in [0.05, 0.1) is 12.7 Å². The first-order valence-electron chi connectivity index (χ1n) is 11.1. The summed E-state index contributed by atoms with van der Waals surface area (Å²) in [6, 6.07) is 15.1. The number of nitrogens with one attached hydrogen (secondary N) is 1. The summed E-state index contributed by atoms with van der Waals surface area (Å²) in [5.41, 5.74) is 3.35. The van der Waals surface area contributed by atoms with E-state index >= 15 is 0 Å². The van der Waals surface area contributed by atoms with Gasteiger partial charge in [-0.1, -0.05) is 32.0 Å². The Labute approximate surface area is 188 Å². The van der Waals surface area contributed by atoms with Gasteiger partial charge in [-0.05, 0) is 48.7 Å². The van der Waals surface area contributed by atoms with E-state index in [4.69, 9.17) is 9.15 Å². The van der Waals surface area contributed by atoms with Gasteiger partial charge in [-0.2, -0.15) is 0 Å². The van der Waals surface area contributed by atoms with Gasteiger partial charge in [0.25, 0.3) is 5.91 Å². The van der Waals surface area contributed by atoms with Crippen LogP contribution in [-0.4, -0.2) is 59.9 Å². The second-order valence-electron chi connectivity index (χ2n) is 8.66. The van der Waals surface area contributed by atoms with E-state index in [1.54, 1.807) is 12.1 Å². The molecule has 0 radical (unpaired) electrons. The molecule has 0 aliphatic carbocycles. The molecule has 0 saturated carbocycles. The van der Waals surface area contributed by atoms with Gasteiger partial charge in [0.2, 0.25) is 11.8 Å². The predicted molar refractivity (Wildman–Crippen MR) is 123 cm³/mol. The van der Waals surface area contributed by atoms with E-state index in [1.165, 1.54) is 0 Å². The minimum atomic E-state index is -0.118. The second kappa shape index (κ2) is 10.1. The van der Waals surface area contributed by atoms with Gasteiger partial charge in [0.15, 0.2) is 0 Å². The zero-order chi connectivity index (χ0) is 22.5. The Kier molecular flexibility index (Phi) is 6.97. The van der Waals surface area contributed by atoms with Crippen molar-refractivity contribution in [3.05, 3.63) is 59.7 Å². The number of rotatable bonds is 7. The van der Waals surface area contributed by atoms with E-state index in [9.17, 15) is 4.79 Å². The second-order valence-corrected chi connectivity index (χ2v) is 8.66. The Hall–Kier alpha value is -3.03. The number of aromatic nitrogens is 2. The van der Waals surface area contributed by atoms with Gasteiger partial charge in [-0.3, -0.25) is 9.69 Å². The molecule has 1 fully saturated rings. The number of morpholine rings is 1. The van der Waals surface area contributed by atoms with Crippen molar-refractivity contribution in [3.63, 3.8) is 0 Å². The summed E-state index contributed by atoms with van der Waals surface area (Å²) in [6.07, 6.45) is 0.0176. The zero-order valence-electron chi connectivity index (χ0n) is 18.9. The van der Waals surface area contributed by atoms with Gasteiger partial charge in [0.1, 0.15) is 0 Å². The Morgan fingerprint density at radius 3 is 2.62 bits per heavy atom. The predicted octanol–water partition coefficient (Wildman–Crippen LogP) is 3.80. The van der Waals surface area contributed by atoms with Crippen LogP contribution in [0.3, 0.4) is 0 Å². The molecule has 4 rings (SSSR count). The lowest BCUT2D eigenvalue weighted by Gasteiger charge is -2.33. The van der Waals surface area contributed by atoms with Crippen LogP contribution in [0, 0.1) is 12.8 Å². The van der Waals surface area contributed by atoms with Crippen molar-refractivity contribution in [3.8, 4) is 22.9 Å². The van der Waals surface area contributed by atoms with Crippen LogP contribution in [0.25, 0.3) is 22.9 Å². The van der Waals surface area contributed by atoms with E-state index in [0.717, 1.165) is 36.3 Å². The Bertz CT molecular complexity index is 1050. The number of hydrogen-bond acceptors (Lipinski definition) is 6. The maximum Gasteiger partial charge on any atom is 0.251 e. The van der Waals surface area contributed by atoms with Crippen molar-refractivity contribution in [2.75, 3.05) is 32.8 Å². The monoisotopic (exact) mass is 434 g/mol. The summed E-state index contributed by atoms with van der Waals surface area (Å²) >= 11 is 0. The van der Waals surface area contributed by atoms with Crippen LogP contribution >= 0.6 is 0 Å². The highest BCUT2D eigenvalue weighted by Crippen LogP contribution is 2.26. The highest BCUT2D eigenvalue weighted by atomic mass is 16.5. The molecule has 7 heteroatoms. The van der Waals surface area contributed by atoms with E-state index < -0.39 is 0 Å². The van der Waals surface area contributed by atoms with Crippen molar-refractivity contribution in [2.24, 2.45) is 5.92 Å². The van der Waals surface area contributed by atoms with Crippen molar-refractivity contribution >= 4 is 5.91 Å². The number of benzene rings is 2. The molecule has 1 aromatic heterocycles. The smallest absolute Gasteiger partial charge is 0.251 e. The van der Waals surface area contributed by atoms with Crippen LogP contribution in [0.2, 0.25) is 0 Å². The molecule has 1 atom stereocenters. The molecule has 1 aliphatic heterocycles. The van der Waals surface area contributed by atoms with E-state index in [2.05, 4.69) is 34.3 Å². The molecule has 2 aromatic carbocycles. The molecule has 1 aliphatic rings.